The Bertz CT molecular complexity index is 824. The van der Waals surface area contributed by atoms with Crippen molar-refractivity contribution in [3.8, 4) is 0 Å². The van der Waals surface area contributed by atoms with Crippen molar-refractivity contribution in [3.05, 3.63) is 28.6 Å². The van der Waals surface area contributed by atoms with Gasteiger partial charge in [-0.05, 0) is 38.5 Å². The number of methoxy groups -OCH3 is 1. The van der Waals surface area contributed by atoms with Crippen molar-refractivity contribution in [1.29, 1.82) is 0 Å². The van der Waals surface area contributed by atoms with Crippen LogP contribution in [0.2, 0.25) is 0 Å². The summed E-state index contributed by atoms with van der Waals surface area (Å²) in [6.45, 7) is 0.557. The highest BCUT2D eigenvalue weighted by molar-refractivity contribution is 5.94. The minimum atomic E-state index is -0.136. The monoisotopic (exact) mass is 356 g/mol. The first-order valence-electron chi connectivity index (χ1n) is 9.56. The first-order chi connectivity index (χ1) is 12.7. The highest BCUT2D eigenvalue weighted by Gasteiger charge is 2.41. The van der Waals surface area contributed by atoms with Crippen molar-refractivity contribution in [1.82, 2.24) is 30.3 Å². The molecule has 0 radical (unpaired) electrons. The van der Waals surface area contributed by atoms with E-state index in [0.29, 0.717) is 18.2 Å². The zero-order valence-corrected chi connectivity index (χ0v) is 15.0. The predicted octanol–water partition coefficient (Wildman–Crippen LogP) is 1.89. The second-order valence-electron chi connectivity index (χ2n) is 7.66. The van der Waals surface area contributed by atoms with Crippen LogP contribution >= 0.6 is 0 Å². The number of ether oxygens (including phenoxy) is 1. The summed E-state index contributed by atoms with van der Waals surface area (Å²) in [7, 11) is 1.70. The zero-order chi connectivity index (χ0) is 17.7. The lowest BCUT2D eigenvalue weighted by atomic mass is 9.95. The highest BCUT2D eigenvalue weighted by Crippen LogP contribution is 2.39. The SMILES string of the molecule is CO[C@@H]1C[C@@H](c2nc(C3CC3)n[nH]2)N(C(=O)c2n[nH]c3c2CCCC3)C1. The lowest BCUT2D eigenvalue weighted by molar-refractivity contribution is 0.0677. The Hall–Kier alpha value is -2.22. The maximum Gasteiger partial charge on any atom is 0.275 e. The lowest BCUT2D eigenvalue weighted by Crippen LogP contribution is -2.33. The predicted molar refractivity (Wildman–Crippen MR) is 92.8 cm³/mol. The van der Waals surface area contributed by atoms with E-state index < -0.39 is 0 Å². The number of nitrogens with one attached hydrogen (secondary N) is 2. The molecule has 2 aliphatic carbocycles. The van der Waals surface area contributed by atoms with Gasteiger partial charge in [-0.2, -0.15) is 10.2 Å². The van der Waals surface area contributed by atoms with Gasteiger partial charge in [0.2, 0.25) is 0 Å². The highest BCUT2D eigenvalue weighted by atomic mass is 16.5. The van der Waals surface area contributed by atoms with Gasteiger partial charge in [0.05, 0.1) is 12.1 Å². The van der Waals surface area contributed by atoms with Crippen LogP contribution in [0.5, 0.6) is 0 Å². The number of hydrogen-bond acceptors (Lipinski definition) is 5. The minimum absolute atomic E-state index is 0.00759. The Labute approximate surface area is 151 Å². The molecule has 0 aromatic carbocycles. The number of rotatable bonds is 4. The van der Waals surface area contributed by atoms with Crippen LogP contribution in [0.15, 0.2) is 0 Å². The second kappa shape index (κ2) is 6.19. The standard InChI is InChI=1S/C18H24N6O2/c1-26-11-8-14(17-19-16(22-23-17)10-6-7-10)24(9-11)18(25)15-12-4-2-3-5-13(12)20-21-15/h10-11,14H,2-9H2,1H3,(H,20,21)(H,19,22,23)/t11-,14+/m1/s1. The van der Waals surface area contributed by atoms with Gasteiger partial charge in [0, 0.05) is 37.3 Å². The molecule has 0 unspecified atom stereocenters. The topological polar surface area (TPSA) is 99.8 Å². The molecule has 2 atom stereocenters. The average Bonchev–Trinajstić information content (AvgIpc) is 3.12. The molecule has 2 fully saturated rings. The number of amides is 1. The van der Waals surface area contributed by atoms with Crippen molar-refractivity contribution in [2.45, 2.75) is 63.0 Å². The van der Waals surface area contributed by atoms with Crippen LogP contribution in [0.4, 0.5) is 0 Å². The summed E-state index contributed by atoms with van der Waals surface area (Å²) in [4.78, 5) is 19.8. The summed E-state index contributed by atoms with van der Waals surface area (Å²) >= 11 is 0. The Morgan fingerprint density at radius 1 is 1.19 bits per heavy atom. The van der Waals surface area contributed by atoms with Crippen molar-refractivity contribution in [3.63, 3.8) is 0 Å². The zero-order valence-electron chi connectivity index (χ0n) is 15.0. The Morgan fingerprint density at radius 3 is 2.85 bits per heavy atom. The number of carbonyl (C=O) groups is 1. The number of hydrogen-bond donors (Lipinski definition) is 2. The molecule has 3 aliphatic rings. The molecular weight excluding hydrogens is 332 g/mol. The van der Waals surface area contributed by atoms with Gasteiger partial charge >= 0.3 is 0 Å². The second-order valence-corrected chi connectivity index (χ2v) is 7.66. The molecule has 0 spiro atoms. The summed E-state index contributed by atoms with van der Waals surface area (Å²) < 4.78 is 5.56. The van der Waals surface area contributed by atoms with Crippen molar-refractivity contribution in [2.24, 2.45) is 0 Å². The summed E-state index contributed by atoms with van der Waals surface area (Å²) in [5, 5.41) is 14.9. The minimum Gasteiger partial charge on any atom is -0.380 e. The maximum absolute atomic E-state index is 13.3. The molecule has 1 amide bonds. The molecular formula is C18H24N6O2. The molecule has 2 aromatic heterocycles. The molecule has 5 rings (SSSR count). The summed E-state index contributed by atoms with van der Waals surface area (Å²) in [5.41, 5.74) is 2.79. The molecule has 8 heteroatoms. The first kappa shape index (κ1) is 16.0. The number of H-pyrrole nitrogens is 2. The van der Waals surface area contributed by atoms with E-state index in [1.165, 1.54) is 0 Å². The van der Waals surface area contributed by atoms with Gasteiger partial charge in [0.1, 0.15) is 5.82 Å². The normalized spacial score (nSPS) is 25.5. The van der Waals surface area contributed by atoms with Crippen LogP contribution in [0, 0.1) is 0 Å². The summed E-state index contributed by atoms with van der Waals surface area (Å²) in [6, 6.07) is -0.136. The summed E-state index contributed by atoms with van der Waals surface area (Å²) in [6.07, 6.45) is 7.23. The van der Waals surface area contributed by atoms with Gasteiger partial charge in [0.15, 0.2) is 11.5 Å². The van der Waals surface area contributed by atoms with Gasteiger partial charge in [0.25, 0.3) is 5.91 Å². The first-order valence-corrected chi connectivity index (χ1v) is 9.56. The molecule has 2 aromatic rings. The van der Waals surface area contributed by atoms with Gasteiger partial charge in [-0.25, -0.2) is 4.98 Å². The van der Waals surface area contributed by atoms with E-state index in [9.17, 15) is 4.79 Å². The van der Waals surface area contributed by atoms with Crippen LogP contribution in [-0.4, -0.2) is 55.9 Å². The van der Waals surface area contributed by atoms with E-state index in [-0.39, 0.29) is 18.1 Å². The Morgan fingerprint density at radius 2 is 2.04 bits per heavy atom. The molecule has 8 nitrogen and oxygen atoms in total. The third kappa shape index (κ3) is 2.63. The van der Waals surface area contributed by atoms with Gasteiger partial charge in [-0.1, -0.05) is 0 Å². The molecule has 3 heterocycles. The molecule has 26 heavy (non-hydrogen) atoms. The smallest absolute Gasteiger partial charge is 0.275 e. The fourth-order valence-corrected chi connectivity index (χ4v) is 4.21. The number of nitrogens with zero attached hydrogens (tertiary/aromatic N) is 4. The molecule has 0 bridgehead atoms. The van der Waals surface area contributed by atoms with Crippen molar-refractivity contribution >= 4 is 5.91 Å². The molecule has 2 N–H and O–H groups in total. The van der Waals surface area contributed by atoms with Crippen LogP contribution in [-0.2, 0) is 17.6 Å². The fraction of sp³-hybridized carbons (Fsp3) is 0.667. The van der Waals surface area contributed by atoms with E-state index in [4.69, 9.17) is 4.74 Å². The van der Waals surface area contributed by atoms with E-state index in [0.717, 1.165) is 67.9 Å². The van der Waals surface area contributed by atoms with E-state index in [1.54, 1.807) is 7.11 Å². The van der Waals surface area contributed by atoms with Crippen molar-refractivity contribution in [2.75, 3.05) is 13.7 Å². The maximum atomic E-state index is 13.3. The Balaban J connectivity index is 1.44. The molecule has 1 aliphatic heterocycles. The van der Waals surface area contributed by atoms with E-state index in [1.807, 2.05) is 4.90 Å². The van der Waals surface area contributed by atoms with Crippen LogP contribution in [0.1, 0.15) is 77.5 Å². The van der Waals surface area contributed by atoms with E-state index in [2.05, 4.69) is 25.4 Å². The number of aromatic nitrogens is 5. The lowest BCUT2D eigenvalue weighted by Gasteiger charge is -2.22. The van der Waals surface area contributed by atoms with Gasteiger partial charge in [-0.15, -0.1) is 0 Å². The largest absolute Gasteiger partial charge is 0.380 e. The number of likely N-dealkylation sites (tertiary alicyclic amines) is 1. The van der Waals surface area contributed by atoms with Crippen LogP contribution in [0.3, 0.4) is 0 Å². The van der Waals surface area contributed by atoms with Crippen LogP contribution in [0.25, 0.3) is 0 Å². The van der Waals surface area contributed by atoms with Gasteiger partial charge in [-0.3, -0.25) is 15.0 Å². The number of fused-ring (bicyclic) bond motifs is 1. The quantitative estimate of drug-likeness (QED) is 0.871. The number of aromatic amines is 2. The molecule has 138 valence electrons. The van der Waals surface area contributed by atoms with E-state index >= 15 is 0 Å². The van der Waals surface area contributed by atoms with Crippen molar-refractivity contribution < 1.29 is 9.53 Å². The average molecular weight is 356 g/mol. The van der Waals surface area contributed by atoms with Gasteiger partial charge < -0.3 is 9.64 Å². The third-order valence-corrected chi connectivity index (χ3v) is 5.89. The molecule has 1 saturated carbocycles. The summed E-state index contributed by atoms with van der Waals surface area (Å²) in [5.74, 6) is 2.11. The van der Waals surface area contributed by atoms with Crippen LogP contribution < -0.4 is 0 Å². The fourth-order valence-electron chi connectivity index (χ4n) is 4.21. The molecule has 1 saturated heterocycles. The third-order valence-electron chi connectivity index (χ3n) is 5.89. The number of aryl methyl sites for hydroxylation is 1. The Kier molecular flexibility index (Phi) is 3.81. The number of carbonyl (C=O) groups excluding carboxylic acids is 1.